The molecule has 29 heavy (non-hydrogen) atoms. The van der Waals surface area contributed by atoms with E-state index in [2.05, 4.69) is 38.1 Å². The second-order valence-electron chi connectivity index (χ2n) is 6.44. The Labute approximate surface area is 172 Å². The van der Waals surface area contributed by atoms with Gasteiger partial charge in [-0.25, -0.2) is 4.98 Å². The minimum absolute atomic E-state index is 0.0856. The van der Waals surface area contributed by atoms with E-state index in [1.54, 1.807) is 7.11 Å². The van der Waals surface area contributed by atoms with E-state index in [4.69, 9.17) is 4.74 Å². The molecular formula is C21H21N5O2S. The van der Waals surface area contributed by atoms with Gasteiger partial charge in [0.15, 0.2) is 5.65 Å². The van der Waals surface area contributed by atoms with Crippen molar-refractivity contribution in [2.75, 3.05) is 12.9 Å². The molecule has 2 aromatic carbocycles. The first-order valence-corrected chi connectivity index (χ1v) is 10.3. The number of ether oxygens (including phenoxy) is 1. The van der Waals surface area contributed by atoms with E-state index in [-0.39, 0.29) is 11.7 Å². The molecule has 0 atom stereocenters. The molecule has 148 valence electrons. The van der Waals surface area contributed by atoms with Gasteiger partial charge in [0.1, 0.15) is 11.3 Å². The summed E-state index contributed by atoms with van der Waals surface area (Å²) in [7, 11) is 1.62. The molecule has 1 N–H and O–H groups in total. The molecule has 4 aromatic rings. The first-order valence-electron chi connectivity index (χ1n) is 9.33. The highest BCUT2D eigenvalue weighted by molar-refractivity contribution is 7.99. The van der Waals surface area contributed by atoms with Crippen LogP contribution in [0.25, 0.3) is 22.1 Å². The Bertz CT molecular complexity index is 1170. The van der Waals surface area contributed by atoms with E-state index < -0.39 is 0 Å². The van der Waals surface area contributed by atoms with Crippen molar-refractivity contribution < 1.29 is 9.53 Å². The number of hydrogen-bond donors (Lipinski definition) is 1. The Balaban J connectivity index is 1.44. The molecule has 0 fully saturated rings. The van der Waals surface area contributed by atoms with E-state index in [0.29, 0.717) is 11.7 Å². The van der Waals surface area contributed by atoms with Crippen LogP contribution in [0.4, 0.5) is 0 Å². The number of fused-ring (bicyclic) bond motifs is 3. The molecule has 1 amide bonds. The quantitative estimate of drug-likeness (QED) is 0.473. The predicted molar refractivity (Wildman–Crippen MR) is 114 cm³/mol. The standard InChI is InChI=1S/C21H21N5O2S/c1-3-26-17-10-5-4-9-16(17)19-20(26)23-21(25-24-19)29-13-18(27)22-12-14-7-6-8-15(11-14)28-2/h4-11H,3,12-13H2,1-2H3,(H,22,27). The maximum Gasteiger partial charge on any atom is 0.230 e. The zero-order chi connectivity index (χ0) is 20.2. The average molecular weight is 407 g/mol. The second-order valence-corrected chi connectivity index (χ2v) is 7.39. The van der Waals surface area contributed by atoms with Crippen LogP contribution in [-0.4, -0.2) is 38.5 Å². The van der Waals surface area contributed by atoms with Crippen LogP contribution in [-0.2, 0) is 17.9 Å². The molecule has 7 nitrogen and oxygen atoms in total. The zero-order valence-corrected chi connectivity index (χ0v) is 17.1. The van der Waals surface area contributed by atoms with Crippen LogP contribution in [0.15, 0.2) is 53.7 Å². The normalized spacial score (nSPS) is 11.1. The fourth-order valence-corrected chi connectivity index (χ4v) is 3.85. The summed E-state index contributed by atoms with van der Waals surface area (Å²) in [6.45, 7) is 3.31. The smallest absolute Gasteiger partial charge is 0.230 e. The number of carbonyl (C=O) groups is 1. The number of carbonyl (C=O) groups excluding carboxylic acids is 1. The Morgan fingerprint density at radius 3 is 2.86 bits per heavy atom. The van der Waals surface area contributed by atoms with Crippen molar-refractivity contribution in [2.24, 2.45) is 0 Å². The minimum atomic E-state index is -0.0856. The van der Waals surface area contributed by atoms with Gasteiger partial charge in [-0.1, -0.05) is 42.1 Å². The summed E-state index contributed by atoms with van der Waals surface area (Å²) < 4.78 is 7.32. The van der Waals surface area contributed by atoms with E-state index in [1.165, 1.54) is 11.8 Å². The lowest BCUT2D eigenvalue weighted by Crippen LogP contribution is -2.24. The number of aryl methyl sites for hydroxylation is 1. The van der Waals surface area contributed by atoms with Crippen molar-refractivity contribution in [2.45, 2.75) is 25.2 Å². The summed E-state index contributed by atoms with van der Waals surface area (Å²) in [5.41, 5.74) is 3.65. The lowest BCUT2D eigenvalue weighted by molar-refractivity contribution is -0.118. The van der Waals surface area contributed by atoms with Gasteiger partial charge in [0, 0.05) is 18.5 Å². The van der Waals surface area contributed by atoms with Gasteiger partial charge in [-0.15, -0.1) is 10.2 Å². The Morgan fingerprint density at radius 1 is 1.17 bits per heavy atom. The number of thioether (sulfide) groups is 1. The van der Waals surface area contributed by atoms with E-state index in [1.807, 2.05) is 42.5 Å². The average Bonchev–Trinajstić information content (AvgIpc) is 3.09. The molecule has 0 aliphatic heterocycles. The summed E-state index contributed by atoms with van der Waals surface area (Å²) >= 11 is 1.28. The van der Waals surface area contributed by atoms with Crippen LogP contribution in [0.5, 0.6) is 5.75 Å². The van der Waals surface area contributed by atoms with E-state index in [9.17, 15) is 4.79 Å². The maximum atomic E-state index is 12.2. The van der Waals surface area contributed by atoms with Crippen LogP contribution in [0.3, 0.4) is 0 Å². The van der Waals surface area contributed by atoms with Crippen LogP contribution >= 0.6 is 11.8 Å². The van der Waals surface area contributed by atoms with Gasteiger partial charge in [-0.05, 0) is 30.7 Å². The second kappa shape index (κ2) is 8.48. The lowest BCUT2D eigenvalue weighted by Gasteiger charge is -2.07. The molecule has 0 saturated carbocycles. The predicted octanol–water partition coefficient (Wildman–Crippen LogP) is 3.42. The fourth-order valence-electron chi connectivity index (χ4n) is 3.23. The highest BCUT2D eigenvalue weighted by Crippen LogP contribution is 2.26. The molecule has 0 radical (unpaired) electrons. The largest absolute Gasteiger partial charge is 0.497 e. The number of rotatable bonds is 7. The first kappa shape index (κ1) is 19.2. The molecule has 0 unspecified atom stereocenters. The molecule has 4 rings (SSSR count). The summed E-state index contributed by atoms with van der Waals surface area (Å²) in [4.78, 5) is 16.9. The molecule has 2 aromatic heterocycles. The number of aromatic nitrogens is 4. The topological polar surface area (TPSA) is 81.9 Å². The van der Waals surface area contributed by atoms with Crippen molar-refractivity contribution in [1.29, 1.82) is 0 Å². The number of hydrogen-bond acceptors (Lipinski definition) is 6. The number of nitrogens with one attached hydrogen (secondary N) is 1. The number of para-hydroxylation sites is 1. The van der Waals surface area contributed by atoms with Crippen molar-refractivity contribution in [1.82, 2.24) is 25.1 Å². The van der Waals surface area contributed by atoms with Gasteiger partial charge < -0.3 is 14.6 Å². The Hall–Kier alpha value is -3.13. The molecule has 8 heteroatoms. The zero-order valence-electron chi connectivity index (χ0n) is 16.3. The minimum Gasteiger partial charge on any atom is -0.497 e. The summed E-state index contributed by atoms with van der Waals surface area (Å²) in [6, 6.07) is 15.7. The molecular weight excluding hydrogens is 386 g/mol. The number of amides is 1. The van der Waals surface area contributed by atoms with Gasteiger partial charge in [0.2, 0.25) is 11.1 Å². The van der Waals surface area contributed by atoms with Crippen molar-refractivity contribution in [3.8, 4) is 5.75 Å². The van der Waals surface area contributed by atoms with Crippen molar-refractivity contribution in [3.63, 3.8) is 0 Å². The molecule has 0 bridgehead atoms. The Kier molecular flexibility index (Phi) is 5.62. The third kappa shape index (κ3) is 4.02. The van der Waals surface area contributed by atoms with Crippen LogP contribution in [0.2, 0.25) is 0 Å². The third-order valence-electron chi connectivity index (χ3n) is 4.63. The van der Waals surface area contributed by atoms with Gasteiger partial charge in [-0.2, -0.15) is 0 Å². The monoisotopic (exact) mass is 407 g/mol. The Morgan fingerprint density at radius 2 is 2.03 bits per heavy atom. The summed E-state index contributed by atoms with van der Waals surface area (Å²) in [6.07, 6.45) is 0. The van der Waals surface area contributed by atoms with Crippen LogP contribution in [0, 0.1) is 0 Å². The lowest BCUT2D eigenvalue weighted by atomic mass is 10.2. The van der Waals surface area contributed by atoms with Crippen molar-refractivity contribution >= 4 is 39.7 Å². The molecule has 2 heterocycles. The number of nitrogens with zero attached hydrogens (tertiary/aromatic N) is 4. The highest BCUT2D eigenvalue weighted by atomic mass is 32.2. The van der Waals surface area contributed by atoms with Gasteiger partial charge in [0.25, 0.3) is 0 Å². The van der Waals surface area contributed by atoms with Crippen LogP contribution < -0.4 is 10.1 Å². The van der Waals surface area contributed by atoms with Gasteiger partial charge >= 0.3 is 0 Å². The molecule has 0 saturated heterocycles. The summed E-state index contributed by atoms with van der Waals surface area (Å²) in [5, 5.41) is 13.0. The molecule has 0 aliphatic rings. The van der Waals surface area contributed by atoms with Gasteiger partial charge in [0.05, 0.1) is 18.4 Å². The molecule has 0 aliphatic carbocycles. The highest BCUT2D eigenvalue weighted by Gasteiger charge is 2.14. The third-order valence-corrected chi connectivity index (χ3v) is 5.46. The number of methoxy groups -OCH3 is 1. The molecule has 0 spiro atoms. The SMILES string of the molecule is CCn1c2ccccc2c2nnc(SCC(=O)NCc3cccc(OC)c3)nc21. The number of benzene rings is 2. The fraction of sp³-hybridized carbons (Fsp3) is 0.238. The van der Waals surface area contributed by atoms with Gasteiger partial charge in [-0.3, -0.25) is 4.79 Å². The van der Waals surface area contributed by atoms with Crippen molar-refractivity contribution in [3.05, 3.63) is 54.1 Å². The van der Waals surface area contributed by atoms with E-state index >= 15 is 0 Å². The van der Waals surface area contributed by atoms with Crippen LogP contribution in [0.1, 0.15) is 12.5 Å². The first-order chi connectivity index (χ1) is 14.2. The van der Waals surface area contributed by atoms with E-state index in [0.717, 1.165) is 39.9 Å². The maximum absolute atomic E-state index is 12.2. The summed E-state index contributed by atoms with van der Waals surface area (Å²) in [5.74, 6) is 0.909.